The van der Waals surface area contributed by atoms with Gasteiger partial charge in [-0.15, -0.1) is 0 Å². The maximum Gasteiger partial charge on any atom is 0.349 e. The van der Waals surface area contributed by atoms with Crippen LogP contribution < -0.4 is 39.3 Å². The number of aromatic nitrogens is 2. The molecular weight excluding hydrogens is 350 g/mol. The number of carbonyl (C=O) groups excluding carboxylic acids is 1. The number of urea groups is 1. The van der Waals surface area contributed by atoms with E-state index in [4.69, 9.17) is 22.9 Å². The van der Waals surface area contributed by atoms with Crippen molar-refractivity contribution in [2.75, 3.05) is 25.0 Å². The van der Waals surface area contributed by atoms with E-state index < -0.39 is 11.7 Å². The summed E-state index contributed by atoms with van der Waals surface area (Å²) in [5, 5.41) is 5.75. The number of nitrogens with one attached hydrogen (secondary N) is 2. The highest BCUT2D eigenvalue weighted by Gasteiger charge is 2.09. The number of guanidine groups is 1. The lowest BCUT2D eigenvalue weighted by molar-refractivity contribution is 0.259. The molecule has 11 nitrogen and oxygen atoms in total. The highest BCUT2D eigenvalue weighted by atomic mass is 16.2. The van der Waals surface area contributed by atoms with Crippen molar-refractivity contribution in [3.63, 3.8) is 0 Å². The number of carbonyl (C=O) groups is 1. The molecule has 1 atom stereocenters. The number of aryl methyl sites for hydroxylation is 1. The van der Waals surface area contributed by atoms with Gasteiger partial charge in [0.15, 0.2) is 5.96 Å². The third-order valence-corrected chi connectivity index (χ3v) is 3.91. The molecule has 1 heterocycles. The summed E-state index contributed by atoms with van der Waals surface area (Å²) in [6.07, 6.45) is 6.04. The lowest BCUT2D eigenvalue weighted by Gasteiger charge is -2.19. The summed E-state index contributed by atoms with van der Waals surface area (Å²) in [6, 6.07) is 1.02. The Balaban J connectivity index is 2.54. The molecule has 0 fully saturated rings. The van der Waals surface area contributed by atoms with Gasteiger partial charge in [0.1, 0.15) is 5.82 Å². The van der Waals surface area contributed by atoms with Crippen LogP contribution in [0.3, 0.4) is 0 Å². The van der Waals surface area contributed by atoms with Crippen LogP contribution in [0.1, 0.15) is 32.1 Å². The molecule has 11 heteroatoms. The number of aliphatic imine (C=N–C) groups is 1. The summed E-state index contributed by atoms with van der Waals surface area (Å²) in [6.45, 7) is 2.57. The molecule has 27 heavy (non-hydrogen) atoms. The normalized spacial score (nSPS) is 11.7. The Bertz CT molecular complexity index is 656. The molecule has 0 bridgehead atoms. The molecule has 2 amide bonds. The first-order valence-corrected chi connectivity index (χ1v) is 9.05. The van der Waals surface area contributed by atoms with E-state index in [2.05, 4.69) is 20.6 Å². The standard InChI is InChI=1S/C16H31N9O2/c17-7-3-9-21-12(4-1-2-8-22-14(18)19)5-10-25-11-6-13(23-15(20)26)24-16(25)27/h6,11-12,21H,1-5,7-10,17H2,(H4,18,19,22)(H3,20,23,24,26,27)/t12-/m1/s1. The summed E-state index contributed by atoms with van der Waals surface area (Å²) < 4.78 is 1.50. The molecule has 1 aromatic rings. The maximum atomic E-state index is 12.0. The van der Waals surface area contributed by atoms with Crippen LogP contribution in [0, 0.1) is 0 Å². The van der Waals surface area contributed by atoms with Crippen molar-refractivity contribution in [2.24, 2.45) is 27.9 Å². The molecule has 0 aromatic carbocycles. The Morgan fingerprint density at radius 2 is 2.00 bits per heavy atom. The second-order valence-electron chi connectivity index (χ2n) is 6.16. The second-order valence-corrected chi connectivity index (χ2v) is 6.16. The number of unbranched alkanes of at least 4 members (excludes halogenated alkanes) is 1. The fraction of sp³-hybridized carbons (Fsp3) is 0.625. The van der Waals surface area contributed by atoms with E-state index in [1.54, 1.807) is 6.20 Å². The number of amides is 2. The largest absolute Gasteiger partial charge is 0.370 e. The van der Waals surface area contributed by atoms with Gasteiger partial charge in [-0.05, 0) is 44.8 Å². The topological polar surface area (TPSA) is 192 Å². The third-order valence-electron chi connectivity index (χ3n) is 3.91. The Hall–Kier alpha value is -2.66. The van der Waals surface area contributed by atoms with Crippen molar-refractivity contribution in [2.45, 2.75) is 44.7 Å². The van der Waals surface area contributed by atoms with Crippen molar-refractivity contribution in [1.82, 2.24) is 14.9 Å². The average molecular weight is 381 g/mol. The van der Waals surface area contributed by atoms with Crippen LogP contribution in [0.5, 0.6) is 0 Å². The van der Waals surface area contributed by atoms with Crippen LogP contribution in [0.15, 0.2) is 22.1 Å². The lowest BCUT2D eigenvalue weighted by Crippen LogP contribution is -2.34. The molecule has 0 aliphatic carbocycles. The van der Waals surface area contributed by atoms with Gasteiger partial charge in [0.25, 0.3) is 0 Å². The number of hydrogen-bond donors (Lipinski definition) is 6. The molecule has 1 aromatic heterocycles. The summed E-state index contributed by atoms with van der Waals surface area (Å²) in [5.74, 6) is 0.245. The first kappa shape index (κ1) is 22.4. The molecule has 0 radical (unpaired) electrons. The highest BCUT2D eigenvalue weighted by molar-refractivity contribution is 5.86. The van der Waals surface area contributed by atoms with E-state index >= 15 is 0 Å². The third kappa shape index (κ3) is 10.2. The zero-order chi connectivity index (χ0) is 20.1. The van der Waals surface area contributed by atoms with Crippen molar-refractivity contribution in [3.8, 4) is 0 Å². The first-order valence-electron chi connectivity index (χ1n) is 9.05. The van der Waals surface area contributed by atoms with Crippen LogP contribution in [-0.2, 0) is 6.54 Å². The quantitative estimate of drug-likeness (QED) is 0.141. The summed E-state index contributed by atoms with van der Waals surface area (Å²) in [4.78, 5) is 30.6. The summed E-state index contributed by atoms with van der Waals surface area (Å²) >= 11 is 0. The smallest absolute Gasteiger partial charge is 0.349 e. The Morgan fingerprint density at radius 3 is 2.63 bits per heavy atom. The molecule has 152 valence electrons. The molecule has 0 aliphatic heterocycles. The minimum absolute atomic E-state index is 0.105. The number of primary amides is 1. The van der Waals surface area contributed by atoms with Gasteiger partial charge in [0.05, 0.1) is 0 Å². The Kier molecular flexibility index (Phi) is 10.5. The molecular formula is C16H31N9O2. The van der Waals surface area contributed by atoms with Crippen LogP contribution in [0.2, 0.25) is 0 Å². The summed E-state index contributed by atoms with van der Waals surface area (Å²) in [7, 11) is 0. The van der Waals surface area contributed by atoms with Crippen molar-refractivity contribution in [3.05, 3.63) is 22.7 Å². The van der Waals surface area contributed by atoms with E-state index in [1.165, 1.54) is 10.6 Å². The van der Waals surface area contributed by atoms with E-state index in [-0.39, 0.29) is 17.8 Å². The van der Waals surface area contributed by atoms with Gasteiger partial charge in [0.2, 0.25) is 0 Å². The second kappa shape index (κ2) is 12.7. The fourth-order valence-electron chi connectivity index (χ4n) is 2.56. The van der Waals surface area contributed by atoms with Gasteiger partial charge in [-0.1, -0.05) is 6.42 Å². The number of nitrogens with zero attached hydrogens (tertiary/aromatic N) is 3. The number of rotatable bonds is 13. The summed E-state index contributed by atoms with van der Waals surface area (Å²) in [5.41, 5.74) is 20.8. The Morgan fingerprint density at radius 1 is 1.22 bits per heavy atom. The predicted molar refractivity (Wildman–Crippen MR) is 106 cm³/mol. The van der Waals surface area contributed by atoms with Gasteiger partial charge in [-0.3, -0.25) is 14.9 Å². The van der Waals surface area contributed by atoms with Crippen LogP contribution in [0.4, 0.5) is 10.6 Å². The molecule has 0 saturated heterocycles. The fourth-order valence-corrected chi connectivity index (χ4v) is 2.56. The van der Waals surface area contributed by atoms with E-state index in [1.807, 2.05) is 0 Å². The van der Waals surface area contributed by atoms with Gasteiger partial charge in [-0.25, -0.2) is 9.59 Å². The van der Waals surface area contributed by atoms with Crippen LogP contribution >= 0.6 is 0 Å². The zero-order valence-electron chi connectivity index (χ0n) is 15.6. The van der Waals surface area contributed by atoms with Gasteiger partial charge in [0, 0.05) is 25.3 Å². The van der Waals surface area contributed by atoms with E-state index in [9.17, 15) is 9.59 Å². The van der Waals surface area contributed by atoms with Crippen molar-refractivity contribution < 1.29 is 4.79 Å². The first-order chi connectivity index (χ1) is 12.9. The number of nitrogens with two attached hydrogens (primary N) is 4. The molecule has 0 unspecified atom stereocenters. The van der Waals surface area contributed by atoms with Crippen molar-refractivity contribution in [1.29, 1.82) is 0 Å². The van der Waals surface area contributed by atoms with Crippen LogP contribution in [0.25, 0.3) is 0 Å². The van der Waals surface area contributed by atoms with Gasteiger partial charge < -0.3 is 28.3 Å². The molecule has 0 spiro atoms. The highest BCUT2D eigenvalue weighted by Crippen LogP contribution is 2.07. The minimum atomic E-state index is -0.760. The SMILES string of the molecule is NCCCN[C@H](CCCCN=C(N)N)CCn1ccc(NC(N)=O)nc1=O. The van der Waals surface area contributed by atoms with E-state index in [0.717, 1.165) is 38.6 Å². The average Bonchev–Trinajstić information content (AvgIpc) is 2.59. The van der Waals surface area contributed by atoms with Gasteiger partial charge >= 0.3 is 11.7 Å². The zero-order valence-corrected chi connectivity index (χ0v) is 15.6. The molecule has 10 N–H and O–H groups in total. The monoisotopic (exact) mass is 381 g/mol. The minimum Gasteiger partial charge on any atom is -0.370 e. The molecule has 1 rings (SSSR count). The van der Waals surface area contributed by atoms with Crippen molar-refractivity contribution >= 4 is 17.8 Å². The lowest BCUT2D eigenvalue weighted by atomic mass is 10.1. The molecule has 0 saturated carbocycles. The van der Waals surface area contributed by atoms with Gasteiger partial charge in [-0.2, -0.15) is 4.98 Å². The number of anilines is 1. The predicted octanol–water partition coefficient (Wildman–Crippen LogP) is -1.13. The molecule has 0 aliphatic rings. The number of hydrogen-bond acceptors (Lipinski definition) is 6. The van der Waals surface area contributed by atoms with E-state index in [0.29, 0.717) is 19.6 Å². The van der Waals surface area contributed by atoms with Crippen LogP contribution in [-0.4, -0.2) is 47.2 Å². The Labute approximate surface area is 158 Å². The maximum absolute atomic E-state index is 12.0.